The minimum absolute atomic E-state index is 0.0416. The molecular formula is C43H46N8O8. The van der Waals surface area contributed by atoms with Crippen molar-refractivity contribution >= 4 is 51.8 Å². The molecule has 2 aromatic carbocycles. The Hall–Kier alpha value is -6.29. The van der Waals surface area contributed by atoms with Gasteiger partial charge in [0.1, 0.15) is 23.4 Å². The molecule has 0 saturated carbocycles. The number of piperidine rings is 1. The first-order valence-corrected chi connectivity index (χ1v) is 19.8. The van der Waals surface area contributed by atoms with E-state index in [1.54, 1.807) is 44.2 Å². The van der Waals surface area contributed by atoms with Crippen molar-refractivity contribution in [1.82, 2.24) is 29.6 Å². The number of imide groups is 2. The predicted octanol–water partition coefficient (Wildman–Crippen LogP) is 2.26. The molecule has 16 heteroatoms. The van der Waals surface area contributed by atoms with E-state index in [2.05, 4.69) is 20.1 Å². The smallest absolute Gasteiger partial charge is 0.262 e. The second kappa shape index (κ2) is 14.2. The maximum atomic E-state index is 13.7. The molecule has 59 heavy (non-hydrogen) atoms. The number of fused-ring (bicyclic) bond motifs is 2. The van der Waals surface area contributed by atoms with Gasteiger partial charge in [0.15, 0.2) is 0 Å². The minimum atomic E-state index is -1.01. The summed E-state index contributed by atoms with van der Waals surface area (Å²) in [6.45, 7) is 4.59. The first-order valence-electron chi connectivity index (χ1n) is 19.8. The number of methoxy groups -OCH3 is 2. The molecular weight excluding hydrogens is 757 g/mol. The lowest BCUT2D eigenvalue weighted by molar-refractivity contribution is -0.152. The topological polar surface area (TPSA) is 167 Å². The number of rotatable bonds is 9. The van der Waals surface area contributed by atoms with Gasteiger partial charge in [-0.25, -0.2) is 4.98 Å². The zero-order valence-corrected chi connectivity index (χ0v) is 33.7. The van der Waals surface area contributed by atoms with Gasteiger partial charge in [-0.3, -0.25) is 43.9 Å². The Morgan fingerprint density at radius 3 is 2.31 bits per heavy atom. The molecule has 1 atom stereocenters. The lowest BCUT2D eigenvalue weighted by Gasteiger charge is -2.51. The van der Waals surface area contributed by atoms with E-state index in [-0.39, 0.29) is 46.8 Å². The van der Waals surface area contributed by atoms with Crippen LogP contribution in [0.25, 0.3) is 21.9 Å². The molecule has 4 aromatic rings. The van der Waals surface area contributed by atoms with Crippen LogP contribution in [0.3, 0.4) is 0 Å². The van der Waals surface area contributed by atoms with Crippen molar-refractivity contribution in [2.45, 2.75) is 31.8 Å². The molecule has 1 N–H and O–H groups in total. The molecule has 4 fully saturated rings. The lowest BCUT2D eigenvalue weighted by Crippen LogP contribution is -2.64. The summed E-state index contributed by atoms with van der Waals surface area (Å²) in [5.41, 5.74) is 3.73. The number of carbonyl (C=O) groups excluding carboxylic acids is 5. The fourth-order valence-corrected chi connectivity index (χ4v) is 9.44. The normalized spacial score (nSPS) is 20.2. The number of pyridine rings is 2. The van der Waals surface area contributed by atoms with Crippen molar-refractivity contribution in [3.8, 4) is 22.6 Å². The molecule has 5 aliphatic heterocycles. The van der Waals surface area contributed by atoms with E-state index >= 15 is 0 Å². The fraction of sp³-hybridized carbons (Fsp3) is 0.419. The van der Waals surface area contributed by atoms with Crippen LogP contribution in [0.1, 0.15) is 45.5 Å². The Bertz CT molecular complexity index is 2510. The van der Waals surface area contributed by atoms with E-state index in [0.29, 0.717) is 49.6 Å². The van der Waals surface area contributed by atoms with Crippen LogP contribution >= 0.6 is 0 Å². The molecule has 2 aromatic heterocycles. The number of nitrogens with one attached hydrogen (secondary N) is 1. The molecule has 306 valence electrons. The van der Waals surface area contributed by atoms with Crippen molar-refractivity contribution < 1.29 is 33.4 Å². The Balaban J connectivity index is 0.827. The summed E-state index contributed by atoms with van der Waals surface area (Å²) in [7, 11) is 8.80. The van der Waals surface area contributed by atoms with E-state index in [1.165, 1.54) is 0 Å². The Morgan fingerprint density at radius 2 is 1.63 bits per heavy atom. The number of aromatic nitrogens is 2. The highest BCUT2D eigenvalue weighted by Gasteiger charge is 2.52. The second-order valence-corrected chi connectivity index (χ2v) is 16.7. The first kappa shape index (κ1) is 38.2. The maximum absolute atomic E-state index is 13.7. The highest BCUT2D eigenvalue weighted by atomic mass is 16.5. The van der Waals surface area contributed by atoms with Crippen molar-refractivity contribution in [3.05, 3.63) is 75.8 Å². The van der Waals surface area contributed by atoms with Crippen molar-refractivity contribution in [2.24, 2.45) is 18.4 Å². The number of nitrogens with zero attached hydrogens (tertiary/aromatic N) is 7. The summed E-state index contributed by atoms with van der Waals surface area (Å²) in [4.78, 5) is 91.1. The number of ether oxygens (including phenoxy) is 2. The van der Waals surface area contributed by atoms with Crippen molar-refractivity contribution in [1.29, 1.82) is 0 Å². The zero-order valence-electron chi connectivity index (χ0n) is 33.7. The van der Waals surface area contributed by atoms with E-state index in [1.807, 2.05) is 54.4 Å². The Kier molecular flexibility index (Phi) is 9.21. The molecule has 0 radical (unpaired) electrons. The summed E-state index contributed by atoms with van der Waals surface area (Å²) in [5.74, 6) is 0.00371. The van der Waals surface area contributed by atoms with Crippen molar-refractivity contribution in [3.63, 3.8) is 0 Å². The maximum Gasteiger partial charge on any atom is 0.262 e. The van der Waals surface area contributed by atoms with Gasteiger partial charge in [-0.15, -0.1) is 0 Å². The van der Waals surface area contributed by atoms with Crippen LogP contribution in [0.4, 0.5) is 11.5 Å². The molecule has 1 unspecified atom stereocenters. The second-order valence-electron chi connectivity index (χ2n) is 16.7. The minimum Gasteiger partial charge on any atom is -0.496 e. The summed E-state index contributed by atoms with van der Waals surface area (Å²) < 4.78 is 13.4. The Labute approximate surface area is 340 Å². The van der Waals surface area contributed by atoms with E-state index in [9.17, 15) is 28.8 Å². The van der Waals surface area contributed by atoms with Crippen molar-refractivity contribution in [2.75, 3.05) is 77.4 Å². The van der Waals surface area contributed by atoms with Gasteiger partial charge in [-0.05, 0) is 54.8 Å². The fourth-order valence-electron chi connectivity index (χ4n) is 9.44. The van der Waals surface area contributed by atoms with Crippen LogP contribution < -0.4 is 30.1 Å². The number of hydrogen-bond acceptors (Lipinski definition) is 12. The summed E-state index contributed by atoms with van der Waals surface area (Å²) >= 11 is 0. The zero-order chi connectivity index (χ0) is 41.5. The average Bonchev–Trinajstić information content (AvgIpc) is 3.75. The third-order valence-corrected chi connectivity index (χ3v) is 12.7. The van der Waals surface area contributed by atoms with Gasteiger partial charge >= 0.3 is 0 Å². The van der Waals surface area contributed by atoms with Crippen LogP contribution in [-0.2, 0) is 28.0 Å². The number of aryl methyl sites for hydroxylation is 1. The Morgan fingerprint density at radius 1 is 0.915 bits per heavy atom. The third kappa shape index (κ3) is 6.36. The molecule has 9 rings (SSSR count). The number of likely N-dealkylation sites (tertiary alicyclic amines) is 2. The SMILES string of the molecule is COc1cc(-c2cn(C)c(=O)c3cnc(N(C)C)cc23)cc(OC)c1CN1CC(C(=O)N2CC3(CCN(c4ccc5c(c4)C(=O)N(C4CCC(=O)NC4=O)C5=O)C3)C2)C1. The third-order valence-electron chi connectivity index (χ3n) is 12.7. The van der Waals surface area contributed by atoms with Crippen LogP contribution in [0.15, 0.2) is 53.6 Å². The van der Waals surface area contributed by atoms with Gasteiger partial charge in [0, 0.05) is 108 Å². The molecule has 1 spiro atoms. The number of amides is 5. The van der Waals surface area contributed by atoms with Crippen LogP contribution in [0.2, 0.25) is 0 Å². The molecule has 0 bridgehead atoms. The highest BCUT2D eigenvalue weighted by Crippen LogP contribution is 2.44. The monoisotopic (exact) mass is 802 g/mol. The van der Waals surface area contributed by atoms with Gasteiger partial charge < -0.3 is 28.7 Å². The lowest BCUT2D eigenvalue weighted by atomic mass is 9.78. The van der Waals surface area contributed by atoms with E-state index < -0.39 is 29.7 Å². The predicted molar refractivity (Wildman–Crippen MR) is 218 cm³/mol. The number of benzene rings is 2. The molecule has 5 aliphatic rings. The van der Waals surface area contributed by atoms with E-state index in [0.717, 1.165) is 58.0 Å². The molecule has 0 aliphatic carbocycles. The van der Waals surface area contributed by atoms with Crippen LogP contribution in [0, 0.1) is 11.3 Å². The standard InChI is InChI=1S/C43H46N8O8/c1-46(2)36-15-28-30(16-44-36)40(55)47(3)19-31(28)24-12-34(58-4)32(35(13-24)59-5)20-48-17-25(18-48)39(54)50-22-43(23-50)10-11-49(21-43)26-6-7-27-29(14-26)42(57)51(41(27)56)33-8-9-37(52)45-38(33)53/h6-7,12-16,19,25,33H,8-11,17-18,20-23H2,1-5H3,(H,45,52,53). The molecule has 4 saturated heterocycles. The van der Waals surface area contributed by atoms with Gasteiger partial charge in [0.2, 0.25) is 17.7 Å². The first-order chi connectivity index (χ1) is 28.3. The van der Waals surface area contributed by atoms with Crippen LogP contribution in [-0.4, -0.2) is 127 Å². The number of carbonyl (C=O) groups is 5. The van der Waals surface area contributed by atoms with Gasteiger partial charge in [-0.1, -0.05) is 0 Å². The quantitative estimate of drug-likeness (QED) is 0.246. The summed E-state index contributed by atoms with van der Waals surface area (Å²) in [6.07, 6.45) is 4.52. The molecule has 16 nitrogen and oxygen atoms in total. The average molecular weight is 803 g/mol. The number of anilines is 2. The summed E-state index contributed by atoms with van der Waals surface area (Å²) in [5, 5.41) is 3.53. The van der Waals surface area contributed by atoms with E-state index in [4.69, 9.17) is 9.47 Å². The number of hydrogen-bond donors (Lipinski definition) is 1. The highest BCUT2D eigenvalue weighted by molar-refractivity contribution is 6.23. The summed E-state index contributed by atoms with van der Waals surface area (Å²) in [6, 6.07) is 10.1. The van der Waals surface area contributed by atoms with Gasteiger partial charge in [0.05, 0.1) is 42.2 Å². The van der Waals surface area contributed by atoms with Gasteiger partial charge in [-0.2, -0.15) is 0 Å². The van der Waals surface area contributed by atoms with Gasteiger partial charge in [0.25, 0.3) is 17.4 Å². The largest absolute Gasteiger partial charge is 0.496 e. The van der Waals surface area contributed by atoms with Crippen LogP contribution in [0.5, 0.6) is 11.5 Å². The molecule has 7 heterocycles. The molecule has 5 amide bonds.